The molecule has 8 heteroatoms. The van der Waals surface area contributed by atoms with E-state index in [1.165, 1.54) is 6.08 Å². The number of amides is 1. The standard InChI is InChI=1S/C14H14F3NO4/c1-2-7-22-13(21)18-11(12(19)20)8-9-3-5-10(6-4-9)14(15,16)17/h2-6,11H,1,7-8H2,(H,18,21)(H,19,20). The van der Waals surface area contributed by atoms with Gasteiger partial charge < -0.3 is 15.2 Å². The van der Waals surface area contributed by atoms with Gasteiger partial charge in [-0.05, 0) is 17.7 Å². The summed E-state index contributed by atoms with van der Waals surface area (Å²) in [6.07, 6.45) is -4.27. The Hall–Kier alpha value is -2.51. The lowest BCUT2D eigenvalue weighted by Gasteiger charge is -2.15. The third-order valence-corrected chi connectivity index (χ3v) is 2.64. The SMILES string of the molecule is C=CCOC(=O)NC(Cc1ccc(C(F)(F)F)cc1)C(=O)O. The normalized spacial score (nSPS) is 12.3. The van der Waals surface area contributed by atoms with Crippen LogP contribution in [-0.4, -0.2) is 29.8 Å². The van der Waals surface area contributed by atoms with Crippen molar-refractivity contribution in [3.8, 4) is 0 Å². The van der Waals surface area contributed by atoms with Gasteiger partial charge in [0.15, 0.2) is 0 Å². The van der Waals surface area contributed by atoms with Crippen molar-refractivity contribution in [2.75, 3.05) is 6.61 Å². The number of nitrogens with one attached hydrogen (secondary N) is 1. The molecule has 22 heavy (non-hydrogen) atoms. The number of aliphatic carboxylic acids is 1. The van der Waals surface area contributed by atoms with Crippen LogP contribution in [0.3, 0.4) is 0 Å². The predicted octanol–water partition coefficient (Wildman–Crippen LogP) is 2.61. The number of ether oxygens (including phenoxy) is 1. The topological polar surface area (TPSA) is 75.6 Å². The monoisotopic (exact) mass is 317 g/mol. The van der Waals surface area contributed by atoms with E-state index in [9.17, 15) is 22.8 Å². The summed E-state index contributed by atoms with van der Waals surface area (Å²) in [5.41, 5.74) is -0.495. The van der Waals surface area contributed by atoms with Crippen LogP contribution < -0.4 is 5.32 Å². The smallest absolute Gasteiger partial charge is 0.416 e. The number of alkyl carbamates (subject to hydrolysis) is 1. The fourth-order valence-electron chi connectivity index (χ4n) is 1.58. The Morgan fingerprint density at radius 3 is 2.36 bits per heavy atom. The summed E-state index contributed by atoms with van der Waals surface area (Å²) < 4.78 is 41.9. The molecule has 0 bridgehead atoms. The van der Waals surface area contributed by atoms with E-state index in [4.69, 9.17) is 5.11 Å². The van der Waals surface area contributed by atoms with Crippen LogP contribution in [0, 0.1) is 0 Å². The molecule has 0 aromatic heterocycles. The highest BCUT2D eigenvalue weighted by Crippen LogP contribution is 2.29. The van der Waals surface area contributed by atoms with Crippen molar-refractivity contribution in [2.24, 2.45) is 0 Å². The summed E-state index contributed by atoms with van der Waals surface area (Å²) in [6, 6.07) is 2.72. The van der Waals surface area contributed by atoms with Gasteiger partial charge in [-0.15, -0.1) is 0 Å². The molecule has 1 atom stereocenters. The molecule has 5 nitrogen and oxygen atoms in total. The number of rotatable bonds is 6. The quantitative estimate of drug-likeness (QED) is 0.791. The third-order valence-electron chi connectivity index (χ3n) is 2.64. The minimum atomic E-state index is -4.46. The molecule has 0 saturated heterocycles. The van der Waals surface area contributed by atoms with E-state index in [-0.39, 0.29) is 13.0 Å². The summed E-state index contributed by atoms with van der Waals surface area (Å²) >= 11 is 0. The van der Waals surface area contributed by atoms with E-state index in [2.05, 4.69) is 16.6 Å². The molecule has 0 aliphatic heterocycles. The highest BCUT2D eigenvalue weighted by atomic mass is 19.4. The van der Waals surface area contributed by atoms with Crippen molar-refractivity contribution < 1.29 is 32.6 Å². The van der Waals surface area contributed by atoms with E-state index in [0.717, 1.165) is 24.3 Å². The van der Waals surface area contributed by atoms with Gasteiger partial charge in [0.25, 0.3) is 0 Å². The molecule has 1 aromatic carbocycles. The zero-order valence-corrected chi connectivity index (χ0v) is 11.4. The molecule has 0 fully saturated rings. The van der Waals surface area contributed by atoms with Gasteiger partial charge in [-0.25, -0.2) is 9.59 Å². The van der Waals surface area contributed by atoms with E-state index in [0.29, 0.717) is 5.56 Å². The van der Waals surface area contributed by atoms with Gasteiger partial charge in [0.1, 0.15) is 12.6 Å². The number of hydrogen-bond donors (Lipinski definition) is 2. The minimum absolute atomic E-state index is 0.0849. The lowest BCUT2D eigenvalue weighted by Crippen LogP contribution is -2.42. The Labute approximate surface area is 124 Å². The molecule has 0 aliphatic rings. The number of alkyl halides is 3. The Morgan fingerprint density at radius 1 is 1.32 bits per heavy atom. The second-order valence-electron chi connectivity index (χ2n) is 4.32. The van der Waals surface area contributed by atoms with Crippen LogP contribution >= 0.6 is 0 Å². The summed E-state index contributed by atoms with van der Waals surface area (Å²) in [5.74, 6) is -1.32. The third kappa shape index (κ3) is 5.47. The van der Waals surface area contributed by atoms with Crippen LogP contribution in [-0.2, 0) is 22.1 Å². The van der Waals surface area contributed by atoms with E-state index < -0.39 is 29.8 Å². The number of carbonyl (C=O) groups is 2. The first-order valence-corrected chi connectivity index (χ1v) is 6.17. The Balaban J connectivity index is 2.73. The lowest BCUT2D eigenvalue weighted by molar-refractivity contribution is -0.139. The molecule has 120 valence electrons. The van der Waals surface area contributed by atoms with E-state index >= 15 is 0 Å². The second kappa shape index (κ2) is 7.48. The number of carboxylic acids is 1. The van der Waals surface area contributed by atoms with Gasteiger partial charge in [0.05, 0.1) is 5.56 Å². The van der Waals surface area contributed by atoms with Crippen molar-refractivity contribution in [1.82, 2.24) is 5.32 Å². The van der Waals surface area contributed by atoms with Gasteiger partial charge in [-0.1, -0.05) is 24.8 Å². The van der Waals surface area contributed by atoms with Crippen LogP contribution in [0.1, 0.15) is 11.1 Å². The number of halogens is 3. The maximum Gasteiger partial charge on any atom is 0.416 e. The van der Waals surface area contributed by atoms with E-state index in [1.807, 2.05) is 0 Å². The average Bonchev–Trinajstić information content (AvgIpc) is 2.44. The molecule has 0 aliphatic carbocycles. The largest absolute Gasteiger partial charge is 0.480 e. The Bertz CT molecular complexity index is 540. The summed E-state index contributed by atoms with van der Waals surface area (Å²) in [5, 5.41) is 11.1. The van der Waals surface area contributed by atoms with Crippen molar-refractivity contribution in [3.63, 3.8) is 0 Å². The van der Waals surface area contributed by atoms with Gasteiger partial charge in [0.2, 0.25) is 0 Å². The first kappa shape index (κ1) is 17.5. The number of carbonyl (C=O) groups excluding carboxylic acids is 1. The highest BCUT2D eigenvalue weighted by molar-refractivity contribution is 5.80. The van der Waals surface area contributed by atoms with Crippen molar-refractivity contribution in [3.05, 3.63) is 48.0 Å². The molecule has 0 heterocycles. The zero-order valence-electron chi connectivity index (χ0n) is 11.4. The van der Waals surface area contributed by atoms with Gasteiger partial charge in [0, 0.05) is 6.42 Å². The molecular weight excluding hydrogens is 303 g/mol. The van der Waals surface area contributed by atoms with Crippen LogP contribution in [0.25, 0.3) is 0 Å². The van der Waals surface area contributed by atoms with Crippen molar-refractivity contribution >= 4 is 12.1 Å². The van der Waals surface area contributed by atoms with Crippen molar-refractivity contribution in [1.29, 1.82) is 0 Å². The molecule has 0 spiro atoms. The average molecular weight is 317 g/mol. The van der Waals surface area contributed by atoms with Crippen LogP contribution in [0.15, 0.2) is 36.9 Å². The maximum atomic E-state index is 12.4. The number of benzene rings is 1. The molecule has 1 rings (SSSR count). The van der Waals surface area contributed by atoms with Gasteiger partial charge in [-0.3, -0.25) is 0 Å². The first-order valence-electron chi connectivity index (χ1n) is 6.17. The second-order valence-corrected chi connectivity index (χ2v) is 4.32. The number of carboxylic acid groups (broad SMARTS) is 1. The first-order chi connectivity index (χ1) is 10.2. The molecule has 0 saturated carbocycles. The number of hydrogen-bond acceptors (Lipinski definition) is 3. The summed E-state index contributed by atoms with van der Waals surface area (Å²) in [7, 11) is 0. The fraction of sp³-hybridized carbons (Fsp3) is 0.286. The Kier molecular flexibility index (Phi) is 5.97. The molecular formula is C14H14F3NO4. The van der Waals surface area contributed by atoms with Crippen molar-refractivity contribution in [2.45, 2.75) is 18.6 Å². The van der Waals surface area contributed by atoms with Crippen LogP contribution in [0.5, 0.6) is 0 Å². The summed E-state index contributed by atoms with van der Waals surface area (Å²) in [6.45, 7) is 3.24. The molecule has 1 unspecified atom stereocenters. The molecule has 0 radical (unpaired) electrons. The van der Waals surface area contributed by atoms with Gasteiger partial charge >= 0.3 is 18.2 Å². The van der Waals surface area contributed by atoms with Crippen LogP contribution in [0.2, 0.25) is 0 Å². The van der Waals surface area contributed by atoms with Crippen LogP contribution in [0.4, 0.5) is 18.0 Å². The molecule has 1 amide bonds. The maximum absolute atomic E-state index is 12.4. The minimum Gasteiger partial charge on any atom is -0.480 e. The molecule has 2 N–H and O–H groups in total. The fourth-order valence-corrected chi connectivity index (χ4v) is 1.58. The van der Waals surface area contributed by atoms with Gasteiger partial charge in [-0.2, -0.15) is 13.2 Å². The molecule has 1 aromatic rings. The zero-order chi connectivity index (χ0) is 16.8. The highest BCUT2D eigenvalue weighted by Gasteiger charge is 2.30. The van der Waals surface area contributed by atoms with E-state index in [1.54, 1.807) is 0 Å². The lowest BCUT2D eigenvalue weighted by atomic mass is 10.0. The Morgan fingerprint density at radius 2 is 1.91 bits per heavy atom. The predicted molar refractivity (Wildman–Crippen MR) is 71.3 cm³/mol. The summed E-state index contributed by atoms with van der Waals surface area (Å²) in [4.78, 5) is 22.4.